The van der Waals surface area contributed by atoms with E-state index >= 15 is 0 Å². The molecule has 0 radical (unpaired) electrons. The Morgan fingerprint density at radius 1 is 1.27 bits per heavy atom. The third-order valence-corrected chi connectivity index (χ3v) is 4.51. The van der Waals surface area contributed by atoms with Crippen LogP contribution in [0.2, 0.25) is 0 Å². The topological polar surface area (TPSA) is 0 Å². The highest BCUT2D eigenvalue weighted by Gasteiger charge is 2.17. The van der Waals surface area contributed by atoms with Crippen LogP contribution in [0.4, 0.5) is 0 Å². The largest absolute Gasteiger partial charge is 0.118 e. The Morgan fingerprint density at radius 3 is 2.40 bits per heavy atom. The van der Waals surface area contributed by atoms with E-state index in [1.165, 1.54) is 16.7 Å². The summed E-state index contributed by atoms with van der Waals surface area (Å²) >= 11 is 10.0. The molecule has 0 nitrogen and oxygen atoms in total. The summed E-state index contributed by atoms with van der Waals surface area (Å²) in [5, 5.41) is 0.127. The molecule has 84 valence electrons. The summed E-state index contributed by atoms with van der Waals surface area (Å²) in [6, 6.07) is 4.35. The van der Waals surface area contributed by atoms with Gasteiger partial charge in [-0.3, -0.25) is 0 Å². The molecule has 1 aromatic carbocycles. The van der Waals surface area contributed by atoms with Crippen molar-refractivity contribution in [2.45, 2.75) is 39.5 Å². The summed E-state index contributed by atoms with van der Waals surface area (Å²) < 4.78 is 1.16. The lowest BCUT2D eigenvalue weighted by atomic mass is 9.94. The smallest absolute Gasteiger partial charge is 0.0613 e. The number of aryl methyl sites for hydroxylation is 2. The van der Waals surface area contributed by atoms with Crippen LogP contribution in [-0.4, -0.2) is 0 Å². The Bertz CT molecular complexity index is 347. The summed E-state index contributed by atoms with van der Waals surface area (Å²) in [7, 11) is 0. The third-order valence-electron chi connectivity index (χ3n) is 2.99. The van der Waals surface area contributed by atoms with Gasteiger partial charge in [0.2, 0.25) is 0 Å². The molecule has 0 fully saturated rings. The molecular formula is C13H18BrCl. The van der Waals surface area contributed by atoms with Crippen LogP contribution in [0.5, 0.6) is 0 Å². The molecule has 0 aliphatic rings. The van der Waals surface area contributed by atoms with E-state index in [1.807, 2.05) is 0 Å². The Labute approximate surface area is 106 Å². The van der Waals surface area contributed by atoms with Crippen LogP contribution in [0.3, 0.4) is 0 Å². The summed E-state index contributed by atoms with van der Waals surface area (Å²) in [6.07, 6.45) is 1.11. The second kappa shape index (κ2) is 5.36. The molecule has 15 heavy (non-hydrogen) atoms. The van der Waals surface area contributed by atoms with Crippen molar-refractivity contribution in [3.63, 3.8) is 0 Å². The van der Waals surface area contributed by atoms with Crippen LogP contribution in [0.1, 0.15) is 42.3 Å². The molecule has 0 amide bonds. The predicted octanol–water partition coefficient (Wildman–Crippen LogP) is 5.39. The van der Waals surface area contributed by atoms with E-state index in [0.29, 0.717) is 5.92 Å². The van der Waals surface area contributed by atoms with Crippen LogP contribution in [0.25, 0.3) is 0 Å². The van der Waals surface area contributed by atoms with Gasteiger partial charge in [-0.2, -0.15) is 0 Å². The van der Waals surface area contributed by atoms with E-state index in [1.54, 1.807) is 0 Å². The lowest BCUT2D eigenvalue weighted by Gasteiger charge is -2.19. The molecular weight excluding hydrogens is 272 g/mol. The number of benzene rings is 1. The molecule has 1 aromatic rings. The molecule has 1 rings (SSSR count). The minimum Gasteiger partial charge on any atom is -0.118 e. The van der Waals surface area contributed by atoms with Crippen molar-refractivity contribution in [2.75, 3.05) is 0 Å². The summed E-state index contributed by atoms with van der Waals surface area (Å²) in [6.45, 7) is 8.61. The van der Waals surface area contributed by atoms with E-state index in [2.05, 4.69) is 55.8 Å². The first-order valence-electron chi connectivity index (χ1n) is 5.38. The average molecular weight is 290 g/mol. The van der Waals surface area contributed by atoms with E-state index in [0.717, 1.165) is 10.9 Å². The molecule has 0 saturated carbocycles. The van der Waals surface area contributed by atoms with Crippen molar-refractivity contribution < 1.29 is 0 Å². The molecule has 0 N–H and O–H groups in total. The van der Waals surface area contributed by atoms with Gasteiger partial charge in [0.25, 0.3) is 0 Å². The fourth-order valence-corrected chi connectivity index (χ4v) is 2.48. The van der Waals surface area contributed by atoms with Crippen molar-refractivity contribution in [1.82, 2.24) is 0 Å². The number of rotatable bonds is 3. The van der Waals surface area contributed by atoms with Gasteiger partial charge in [0.1, 0.15) is 0 Å². The maximum absolute atomic E-state index is 6.47. The van der Waals surface area contributed by atoms with Gasteiger partial charge < -0.3 is 0 Å². The van der Waals surface area contributed by atoms with Gasteiger partial charge in [0, 0.05) is 4.47 Å². The normalized spacial score (nSPS) is 15.1. The first-order valence-corrected chi connectivity index (χ1v) is 6.61. The van der Waals surface area contributed by atoms with E-state index in [4.69, 9.17) is 11.6 Å². The minimum atomic E-state index is 0.127. The Balaban J connectivity index is 3.09. The van der Waals surface area contributed by atoms with Crippen molar-refractivity contribution in [3.8, 4) is 0 Å². The zero-order chi connectivity index (χ0) is 11.6. The van der Waals surface area contributed by atoms with Crippen molar-refractivity contribution >= 4 is 27.5 Å². The Morgan fingerprint density at radius 2 is 1.87 bits per heavy atom. The maximum Gasteiger partial charge on any atom is 0.0613 e. The lowest BCUT2D eigenvalue weighted by Crippen LogP contribution is -2.05. The highest BCUT2D eigenvalue weighted by molar-refractivity contribution is 9.10. The van der Waals surface area contributed by atoms with Gasteiger partial charge in [-0.15, -0.1) is 11.6 Å². The fraction of sp³-hybridized carbons (Fsp3) is 0.538. The predicted molar refractivity (Wildman–Crippen MR) is 71.7 cm³/mol. The van der Waals surface area contributed by atoms with Gasteiger partial charge in [-0.05, 0) is 42.5 Å². The van der Waals surface area contributed by atoms with E-state index in [-0.39, 0.29) is 5.38 Å². The molecule has 0 bridgehead atoms. The van der Waals surface area contributed by atoms with E-state index in [9.17, 15) is 0 Å². The minimum absolute atomic E-state index is 0.127. The number of halogens is 2. The van der Waals surface area contributed by atoms with Gasteiger partial charge in [-0.1, -0.05) is 42.3 Å². The quantitative estimate of drug-likeness (QED) is 0.654. The van der Waals surface area contributed by atoms with Gasteiger partial charge in [0.15, 0.2) is 0 Å². The number of hydrogen-bond donors (Lipinski definition) is 0. The number of hydrogen-bond acceptors (Lipinski definition) is 0. The molecule has 0 aliphatic carbocycles. The molecule has 0 heterocycles. The second-order valence-electron chi connectivity index (χ2n) is 4.25. The van der Waals surface area contributed by atoms with Crippen molar-refractivity contribution in [3.05, 3.63) is 33.3 Å². The summed E-state index contributed by atoms with van der Waals surface area (Å²) in [5.41, 5.74) is 3.80. The summed E-state index contributed by atoms with van der Waals surface area (Å²) in [4.78, 5) is 0. The highest BCUT2D eigenvalue weighted by Crippen LogP contribution is 2.35. The van der Waals surface area contributed by atoms with E-state index < -0.39 is 0 Å². The van der Waals surface area contributed by atoms with Gasteiger partial charge in [0.05, 0.1) is 5.38 Å². The van der Waals surface area contributed by atoms with Crippen LogP contribution in [0.15, 0.2) is 16.6 Å². The third kappa shape index (κ3) is 2.98. The first kappa shape index (κ1) is 13.1. The maximum atomic E-state index is 6.47. The molecule has 0 spiro atoms. The average Bonchev–Trinajstić information content (AvgIpc) is 2.21. The Kier molecular flexibility index (Phi) is 4.66. The van der Waals surface area contributed by atoms with Crippen LogP contribution < -0.4 is 0 Å². The molecule has 2 atom stereocenters. The molecule has 0 aliphatic heterocycles. The first-order chi connectivity index (χ1) is 6.97. The highest BCUT2D eigenvalue weighted by atomic mass is 79.9. The molecule has 2 unspecified atom stereocenters. The molecule has 0 aromatic heterocycles. The zero-order valence-corrected chi connectivity index (χ0v) is 12.1. The van der Waals surface area contributed by atoms with Crippen LogP contribution in [0, 0.1) is 19.8 Å². The fourth-order valence-electron chi connectivity index (χ4n) is 1.61. The Hall–Kier alpha value is -0.0100. The van der Waals surface area contributed by atoms with Crippen LogP contribution in [-0.2, 0) is 0 Å². The van der Waals surface area contributed by atoms with Gasteiger partial charge in [-0.25, -0.2) is 0 Å². The SMILES string of the molecule is CCC(C)C(Cl)c1cc(C)c(Br)cc1C. The lowest BCUT2D eigenvalue weighted by molar-refractivity contribution is 0.541. The molecule has 2 heteroatoms. The monoisotopic (exact) mass is 288 g/mol. The zero-order valence-electron chi connectivity index (χ0n) is 9.77. The van der Waals surface area contributed by atoms with Crippen molar-refractivity contribution in [2.24, 2.45) is 5.92 Å². The van der Waals surface area contributed by atoms with Crippen LogP contribution >= 0.6 is 27.5 Å². The standard InChI is InChI=1S/C13H18BrCl/c1-5-8(2)13(15)11-6-10(4)12(14)7-9(11)3/h6-8,13H,5H2,1-4H3. The second-order valence-corrected chi connectivity index (χ2v) is 5.57. The summed E-state index contributed by atoms with van der Waals surface area (Å²) in [5.74, 6) is 0.519. The molecule has 0 saturated heterocycles. The van der Waals surface area contributed by atoms with Crippen molar-refractivity contribution in [1.29, 1.82) is 0 Å². The number of alkyl halides is 1. The van der Waals surface area contributed by atoms with Gasteiger partial charge >= 0.3 is 0 Å².